The van der Waals surface area contributed by atoms with E-state index in [-0.39, 0.29) is 12.1 Å². The summed E-state index contributed by atoms with van der Waals surface area (Å²) in [5.41, 5.74) is 5.94. The molecule has 0 saturated heterocycles. The molecule has 18 heavy (non-hydrogen) atoms. The lowest BCUT2D eigenvalue weighted by Gasteiger charge is -2.45. The van der Waals surface area contributed by atoms with Gasteiger partial charge >= 0.3 is 0 Å². The SMILES string of the molecule is CC1CCCC(N(C)C2CCCC(N)(CO)C2)C1. The minimum absolute atomic E-state index is 0.137. The van der Waals surface area contributed by atoms with Gasteiger partial charge in [-0.2, -0.15) is 0 Å². The molecular weight excluding hydrogens is 224 g/mol. The van der Waals surface area contributed by atoms with E-state index in [0.29, 0.717) is 6.04 Å². The topological polar surface area (TPSA) is 49.5 Å². The van der Waals surface area contributed by atoms with Crippen molar-refractivity contribution < 1.29 is 5.11 Å². The third kappa shape index (κ3) is 3.25. The van der Waals surface area contributed by atoms with E-state index in [1.165, 1.54) is 32.1 Å². The lowest BCUT2D eigenvalue weighted by atomic mass is 9.78. The maximum Gasteiger partial charge on any atom is 0.0611 e. The molecule has 2 rings (SSSR count). The Hall–Kier alpha value is -0.120. The molecule has 2 saturated carbocycles. The molecule has 0 aromatic rings. The van der Waals surface area contributed by atoms with Crippen LogP contribution in [0.3, 0.4) is 0 Å². The molecular formula is C15H30N2O. The zero-order valence-electron chi connectivity index (χ0n) is 12.1. The molecule has 2 fully saturated rings. The van der Waals surface area contributed by atoms with Gasteiger partial charge in [-0.25, -0.2) is 0 Å². The van der Waals surface area contributed by atoms with Gasteiger partial charge in [0.2, 0.25) is 0 Å². The summed E-state index contributed by atoms with van der Waals surface area (Å²) in [5, 5.41) is 9.46. The largest absolute Gasteiger partial charge is 0.394 e. The van der Waals surface area contributed by atoms with Crippen LogP contribution in [0.15, 0.2) is 0 Å². The summed E-state index contributed by atoms with van der Waals surface area (Å²) >= 11 is 0. The normalized spacial score (nSPS) is 42.2. The van der Waals surface area contributed by atoms with Crippen molar-refractivity contribution in [3.63, 3.8) is 0 Å². The van der Waals surface area contributed by atoms with Gasteiger partial charge in [0.15, 0.2) is 0 Å². The highest BCUT2D eigenvalue weighted by Gasteiger charge is 2.36. The summed E-state index contributed by atoms with van der Waals surface area (Å²) in [7, 11) is 2.27. The minimum atomic E-state index is -0.322. The fourth-order valence-electron chi connectivity index (χ4n) is 3.92. The quantitative estimate of drug-likeness (QED) is 0.811. The number of hydrogen-bond acceptors (Lipinski definition) is 3. The van der Waals surface area contributed by atoms with Gasteiger partial charge in [-0.1, -0.05) is 19.8 Å². The molecule has 3 N–H and O–H groups in total. The standard InChI is InChI=1S/C15H30N2O/c1-12-5-3-6-13(9-12)17(2)14-7-4-8-15(16,10-14)11-18/h12-14,18H,3-11,16H2,1-2H3. The number of nitrogens with two attached hydrogens (primary N) is 1. The summed E-state index contributed by atoms with van der Waals surface area (Å²) in [6, 6.07) is 1.31. The molecule has 0 bridgehead atoms. The Bertz CT molecular complexity index is 271. The zero-order valence-corrected chi connectivity index (χ0v) is 12.1. The first kappa shape index (κ1) is 14.3. The number of hydrogen-bond donors (Lipinski definition) is 2. The predicted molar refractivity (Wildman–Crippen MR) is 75.4 cm³/mol. The van der Waals surface area contributed by atoms with Gasteiger partial charge in [-0.3, -0.25) is 0 Å². The van der Waals surface area contributed by atoms with Crippen molar-refractivity contribution in [2.45, 2.75) is 75.9 Å². The zero-order chi connectivity index (χ0) is 13.2. The number of aliphatic hydroxyl groups is 1. The van der Waals surface area contributed by atoms with Crippen LogP contribution in [0, 0.1) is 5.92 Å². The van der Waals surface area contributed by atoms with E-state index in [9.17, 15) is 5.11 Å². The van der Waals surface area contributed by atoms with Crippen molar-refractivity contribution in [2.24, 2.45) is 11.7 Å². The van der Waals surface area contributed by atoms with Crippen LogP contribution in [0.25, 0.3) is 0 Å². The lowest BCUT2D eigenvalue weighted by molar-refractivity contribution is 0.0538. The maximum absolute atomic E-state index is 9.46. The Morgan fingerprint density at radius 1 is 1.22 bits per heavy atom. The maximum atomic E-state index is 9.46. The molecule has 4 atom stereocenters. The van der Waals surface area contributed by atoms with Gasteiger partial charge < -0.3 is 15.7 Å². The number of rotatable bonds is 3. The van der Waals surface area contributed by atoms with Crippen molar-refractivity contribution in [1.82, 2.24) is 4.90 Å². The highest BCUT2D eigenvalue weighted by Crippen LogP contribution is 2.33. The fraction of sp³-hybridized carbons (Fsp3) is 1.00. The van der Waals surface area contributed by atoms with E-state index in [1.807, 2.05) is 0 Å². The molecule has 0 amide bonds. The van der Waals surface area contributed by atoms with Crippen molar-refractivity contribution in [2.75, 3.05) is 13.7 Å². The Kier molecular flexibility index (Phi) is 4.68. The van der Waals surface area contributed by atoms with E-state index in [2.05, 4.69) is 18.9 Å². The molecule has 3 heteroatoms. The molecule has 0 aromatic carbocycles. The Balaban J connectivity index is 1.93. The third-order valence-corrected chi connectivity index (χ3v) is 5.23. The summed E-state index contributed by atoms with van der Waals surface area (Å²) in [4.78, 5) is 2.58. The van der Waals surface area contributed by atoms with Crippen molar-refractivity contribution in [1.29, 1.82) is 0 Å². The second kappa shape index (κ2) is 5.89. The monoisotopic (exact) mass is 254 g/mol. The summed E-state index contributed by atoms with van der Waals surface area (Å²) in [6.07, 6.45) is 9.80. The third-order valence-electron chi connectivity index (χ3n) is 5.23. The van der Waals surface area contributed by atoms with Crippen molar-refractivity contribution in [3.05, 3.63) is 0 Å². The van der Waals surface area contributed by atoms with Gasteiger partial charge in [0.25, 0.3) is 0 Å². The van der Waals surface area contributed by atoms with Crippen LogP contribution in [0.5, 0.6) is 0 Å². The van der Waals surface area contributed by atoms with Crippen LogP contribution in [0.1, 0.15) is 58.3 Å². The molecule has 0 radical (unpaired) electrons. The van der Waals surface area contributed by atoms with Gasteiger partial charge in [0.05, 0.1) is 6.61 Å². The Morgan fingerprint density at radius 3 is 2.61 bits per heavy atom. The second-order valence-corrected chi connectivity index (χ2v) is 6.86. The first-order valence-electron chi connectivity index (χ1n) is 7.66. The first-order valence-corrected chi connectivity index (χ1v) is 7.66. The van der Waals surface area contributed by atoms with E-state index in [1.54, 1.807) is 0 Å². The first-order chi connectivity index (χ1) is 8.54. The average Bonchev–Trinajstić information content (AvgIpc) is 2.38. The van der Waals surface area contributed by atoms with Crippen LogP contribution in [0.2, 0.25) is 0 Å². The lowest BCUT2D eigenvalue weighted by Crippen LogP contribution is -2.54. The van der Waals surface area contributed by atoms with Crippen LogP contribution in [-0.2, 0) is 0 Å². The molecule has 2 aliphatic carbocycles. The molecule has 106 valence electrons. The molecule has 0 spiro atoms. The van der Waals surface area contributed by atoms with Crippen molar-refractivity contribution >= 4 is 0 Å². The van der Waals surface area contributed by atoms with Crippen LogP contribution in [0.4, 0.5) is 0 Å². The van der Waals surface area contributed by atoms with Gasteiger partial charge in [0, 0.05) is 17.6 Å². The van der Waals surface area contributed by atoms with Crippen molar-refractivity contribution in [3.8, 4) is 0 Å². The van der Waals surface area contributed by atoms with Gasteiger partial charge in [-0.15, -0.1) is 0 Å². The highest BCUT2D eigenvalue weighted by atomic mass is 16.3. The van der Waals surface area contributed by atoms with Crippen LogP contribution >= 0.6 is 0 Å². The second-order valence-electron chi connectivity index (χ2n) is 6.86. The molecule has 0 heterocycles. The van der Waals surface area contributed by atoms with E-state index >= 15 is 0 Å². The summed E-state index contributed by atoms with van der Waals surface area (Å²) < 4.78 is 0. The van der Waals surface area contributed by atoms with Gasteiger partial charge in [-0.05, 0) is 51.5 Å². The minimum Gasteiger partial charge on any atom is -0.394 e. The van der Waals surface area contributed by atoms with Crippen LogP contribution in [-0.4, -0.2) is 41.3 Å². The van der Waals surface area contributed by atoms with E-state index in [4.69, 9.17) is 5.73 Å². The molecule has 3 nitrogen and oxygen atoms in total. The highest BCUT2D eigenvalue weighted by molar-refractivity contribution is 4.95. The number of aliphatic hydroxyl groups excluding tert-OH is 1. The van der Waals surface area contributed by atoms with Gasteiger partial charge in [0.1, 0.15) is 0 Å². The summed E-state index contributed by atoms with van der Waals surface area (Å²) in [5.74, 6) is 0.871. The number of nitrogens with zero attached hydrogens (tertiary/aromatic N) is 1. The fourth-order valence-corrected chi connectivity index (χ4v) is 3.92. The smallest absolute Gasteiger partial charge is 0.0611 e. The van der Waals surface area contributed by atoms with E-state index < -0.39 is 0 Å². The Labute approximate surface area is 112 Å². The average molecular weight is 254 g/mol. The molecule has 0 aliphatic heterocycles. The van der Waals surface area contributed by atoms with E-state index in [0.717, 1.165) is 31.2 Å². The molecule has 4 unspecified atom stereocenters. The summed E-state index contributed by atoms with van der Waals surface area (Å²) in [6.45, 7) is 2.51. The molecule has 2 aliphatic rings. The van der Waals surface area contributed by atoms with Crippen LogP contribution < -0.4 is 5.73 Å². The molecule has 0 aromatic heterocycles. The predicted octanol–water partition coefficient (Wildman–Crippen LogP) is 2.13. The Morgan fingerprint density at radius 2 is 1.94 bits per heavy atom.